The Morgan fingerprint density at radius 1 is 0.850 bits per heavy atom. The Morgan fingerprint density at radius 3 is 2.05 bits per heavy atom. The highest BCUT2D eigenvalue weighted by Crippen LogP contribution is 2.32. The van der Waals surface area contributed by atoms with E-state index in [2.05, 4.69) is 0 Å². The van der Waals surface area contributed by atoms with Crippen molar-refractivity contribution >= 4 is 46.4 Å². The Kier molecular flexibility index (Phi) is 5.59. The molecular weight excluding hydrogens is 336 g/mol. The van der Waals surface area contributed by atoms with Gasteiger partial charge in [-0.1, -0.05) is 58.5 Å². The summed E-state index contributed by atoms with van der Waals surface area (Å²) in [6.45, 7) is 0.472. The molecule has 2 aromatic carbocycles. The zero-order valence-corrected chi connectivity index (χ0v) is 13.6. The molecule has 0 fully saturated rings. The summed E-state index contributed by atoms with van der Waals surface area (Å²) < 4.78 is 0. The molecule has 1 atom stereocenters. The van der Waals surface area contributed by atoms with Crippen molar-refractivity contribution in [2.45, 2.75) is 12.3 Å². The largest absolute Gasteiger partial charge is 0.330 e. The van der Waals surface area contributed by atoms with Gasteiger partial charge in [-0.15, -0.1) is 0 Å². The van der Waals surface area contributed by atoms with Crippen LogP contribution in [-0.4, -0.2) is 6.54 Å². The van der Waals surface area contributed by atoms with Gasteiger partial charge in [0, 0.05) is 16.0 Å². The van der Waals surface area contributed by atoms with E-state index >= 15 is 0 Å². The molecule has 0 aromatic heterocycles. The molecule has 0 radical (unpaired) electrons. The first-order chi connectivity index (χ1) is 9.52. The van der Waals surface area contributed by atoms with E-state index in [1.165, 1.54) is 0 Å². The van der Waals surface area contributed by atoms with E-state index < -0.39 is 0 Å². The molecule has 0 heterocycles. The van der Waals surface area contributed by atoms with Gasteiger partial charge < -0.3 is 5.73 Å². The topological polar surface area (TPSA) is 26.0 Å². The van der Waals surface area contributed by atoms with Gasteiger partial charge in [-0.3, -0.25) is 0 Å². The van der Waals surface area contributed by atoms with Crippen molar-refractivity contribution < 1.29 is 0 Å². The number of rotatable bonds is 4. The summed E-state index contributed by atoms with van der Waals surface area (Å²) in [6, 6.07) is 11.0. The zero-order valence-electron chi connectivity index (χ0n) is 10.5. The Morgan fingerprint density at radius 2 is 1.50 bits per heavy atom. The number of benzene rings is 2. The van der Waals surface area contributed by atoms with Crippen LogP contribution in [0.25, 0.3) is 0 Å². The average molecular weight is 349 g/mol. The first kappa shape index (κ1) is 15.9. The van der Waals surface area contributed by atoms with Gasteiger partial charge in [-0.2, -0.15) is 0 Å². The summed E-state index contributed by atoms with van der Waals surface area (Å²) in [7, 11) is 0. The summed E-state index contributed by atoms with van der Waals surface area (Å²) >= 11 is 24.4. The summed E-state index contributed by atoms with van der Waals surface area (Å²) in [5.74, 6) is 0.0853. The molecule has 0 spiro atoms. The Labute approximate surface area is 138 Å². The van der Waals surface area contributed by atoms with E-state index in [0.717, 1.165) is 11.1 Å². The third kappa shape index (κ3) is 3.60. The average Bonchev–Trinajstić information content (AvgIpc) is 2.42. The quantitative estimate of drug-likeness (QED) is 0.766. The molecule has 5 heteroatoms. The van der Waals surface area contributed by atoms with Crippen molar-refractivity contribution in [1.29, 1.82) is 0 Å². The third-order valence-corrected chi connectivity index (χ3v) is 4.66. The summed E-state index contributed by atoms with van der Waals surface area (Å²) in [4.78, 5) is 0. The summed E-state index contributed by atoms with van der Waals surface area (Å²) in [5.41, 5.74) is 7.80. The maximum absolute atomic E-state index is 6.20. The molecule has 20 heavy (non-hydrogen) atoms. The van der Waals surface area contributed by atoms with E-state index in [4.69, 9.17) is 52.1 Å². The minimum absolute atomic E-state index is 0.0853. The molecule has 0 saturated heterocycles. The lowest BCUT2D eigenvalue weighted by atomic mass is 9.92. The Hall–Kier alpha value is -0.440. The standard InChI is InChI=1S/C15H13Cl4N/c16-12-2-1-3-13(17)11(12)6-10(8-20)9-4-5-14(18)15(19)7-9/h1-5,7,10H,6,8,20H2. The van der Waals surface area contributed by atoms with Crippen molar-refractivity contribution in [3.63, 3.8) is 0 Å². The van der Waals surface area contributed by atoms with Gasteiger partial charge in [0.25, 0.3) is 0 Å². The second-order valence-corrected chi connectivity index (χ2v) is 6.14. The molecule has 0 aliphatic carbocycles. The first-order valence-electron chi connectivity index (χ1n) is 6.10. The molecule has 2 N–H and O–H groups in total. The van der Waals surface area contributed by atoms with Crippen LogP contribution in [0.2, 0.25) is 20.1 Å². The molecule has 0 aliphatic heterocycles. The van der Waals surface area contributed by atoms with Crippen molar-refractivity contribution in [3.05, 3.63) is 67.6 Å². The highest BCUT2D eigenvalue weighted by molar-refractivity contribution is 6.42. The van der Waals surface area contributed by atoms with E-state index in [-0.39, 0.29) is 5.92 Å². The SMILES string of the molecule is NCC(Cc1c(Cl)cccc1Cl)c1ccc(Cl)c(Cl)c1. The number of nitrogens with two attached hydrogens (primary N) is 1. The molecule has 0 saturated carbocycles. The molecule has 1 nitrogen and oxygen atoms in total. The zero-order chi connectivity index (χ0) is 14.7. The third-order valence-electron chi connectivity index (χ3n) is 3.21. The Balaban J connectivity index is 2.31. The lowest BCUT2D eigenvalue weighted by Gasteiger charge is -2.17. The van der Waals surface area contributed by atoms with E-state index in [1.54, 1.807) is 6.07 Å². The fourth-order valence-corrected chi connectivity index (χ4v) is 2.94. The van der Waals surface area contributed by atoms with Crippen LogP contribution in [0.1, 0.15) is 17.0 Å². The van der Waals surface area contributed by atoms with E-state index in [0.29, 0.717) is 33.1 Å². The van der Waals surface area contributed by atoms with Crippen molar-refractivity contribution in [2.75, 3.05) is 6.54 Å². The highest BCUT2D eigenvalue weighted by Gasteiger charge is 2.16. The molecule has 0 bridgehead atoms. The minimum atomic E-state index is 0.0853. The number of halogens is 4. The van der Waals surface area contributed by atoms with Crippen molar-refractivity contribution in [1.82, 2.24) is 0 Å². The van der Waals surface area contributed by atoms with Crippen LogP contribution in [-0.2, 0) is 6.42 Å². The monoisotopic (exact) mass is 347 g/mol. The lowest BCUT2D eigenvalue weighted by Crippen LogP contribution is -2.15. The summed E-state index contributed by atoms with van der Waals surface area (Å²) in [5, 5.41) is 2.35. The van der Waals surface area contributed by atoms with Gasteiger partial charge in [0.2, 0.25) is 0 Å². The second-order valence-electron chi connectivity index (χ2n) is 4.51. The maximum atomic E-state index is 6.20. The predicted molar refractivity (Wildman–Crippen MR) is 88.4 cm³/mol. The van der Waals surface area contributed by atoms with E-state index in [9.17, 15) is 0 Å². The normalized spacial score (nSPS) is 12.4. The van der Waals surface area contributed by atoms with Crippen LogP contribution in [0.4, 0.5) is 0 Å². The molecule has 0 amide bonds. The number of hydrogen-bond acceptors (Lipinski definition) is 1. The van der Waals surface area contributed by atoms with Crippen LogP contribution >= 0.6 is 46.4 Å². The molecule has 0 aliphatic rings. The van der Waals surface area contributed by atoms with Gasteiger partial charge in [-0.05, 0) is 48.4 Å². The van der Waals surface area contributed by atoms with Gasteiger partial charge in [-0.25, -0.2) is 0 Å². The van der Waals surface area contributed by atoms with Crippen LogP contribution in [0.3, 0.4) is 0 Å². The molecule has 106 valence electrons. The van der Waals surface area contributed by atoms with Crippen LogP contribution in [0.5, 0.6) is 0 Å². The smallest absolute Gasteiger partial charge is 0.0595 e. The van der Waals surface area contributed by atoms with Gasteiger partial charge in [0.15, 0.2) is 0 Å². The minimum Gasteiger partial charge on any atom is -0.330 e. The van der Waals surface area contributed by atoms with Gasteiger partial charge in [0.05, 0.1) is 10.0 Å². The van der Waals surface area contributed by atoms with Gasteiger partial charge >= 0.3 is 0 Å². The second kappa shape index (κ2) is 7.02. The summed E-state index contributed by atoms with van der Waals surface area (Å²) in [6.07, 6.45) is 0.660. The first-order valence-corrected chi connectivity index (χ1v) is 7.62. The molecular formula is C15H13Cl4N. The fraction of sp³-hybridized carbons (Fsp3) is 0.200. The fourth-order valence-electron chi connectivity index (χ4n) is 2.08. The van der Waals surface area contributed by atoms with Crippen molar-refractivity contribution in [2.24, 2.45) is 5.73 Å². The molecule has 2 aromatic rings. The lowest BCUT2D eigenvalue weighted by molar-refractivity contribution is 0.695. The maximum Gasteiger partial charge on any atom is 0.0595 e. The van der Waals surface area contributed by atoms with E-state index in [1.807, 2.05) is 30.3 Å². The number of hydrogen-bond donors (Lipinski definition) is 1. The van der Waals surface area contributed by atoms with Gasteiger partial charge in [0.1, 0.15) is 0 Å². The Bertz CT molecular complexity index is 593. The highest BCUT2D eigenvalue weighted by atomic mass is 35.5. The van der Waals surface area contributed by atoms with Crippen LogP contribution < -0.4 is 5.73 Å². The predicted octanol–water partition coefficient (Wildman–Crippen LogP) is 5.59. The van der Waals surface area contributed by atoms with Crippen LogP contribution in [0, 0.1) is 0 Å². The van der Waals surface area contributed by atoms with Crippen molar-refractivity contribution in [3.8, 4) is 0 Å². The molecule has 1 unspecified atom stereocenters. The van der Waals surface area contributed by atoms with Crippen LogP contribution in [0.15, 0.2) is 36.4 Å². The molecule has 2 rings (SSSR count).